The quantitative estimate of drug-likeness (QED) is 0.915. The Bertz CT molecular complexity index is 620. The van der Waals surface area contributed by atoms with Gasteiger partial charge in [-0.2, -0.15) is 0 Å². The zero-order valence-electron chi connectivity index (χ0n) is 12.9. The van der Waals surface area contributed by atoms with E-state index in [1.165, 1.54) is 12.1 Å². The van der Waals surface area contributed by atoms with Gasteiger partial charge in [0, 0.05) is 29.9 Å². The molecule has 0 saturated heterocycles. The monoisotopic (exact) mass is 288 g/mol. The highest BCUT2D eigenvalue weighted by molar-refractivity contribution is 5.31. The van der Waals surface area contributed by atoms with Crippen LogP contribution in [0.15, 0.2) is 36.4 Å². The van der Waals surface area contributed by atoms with Crippen LogP contribution in [0.25, 0.3) is 0 Å². The van der Waals surface area contributed by atoms with Gasteiger partial charge in [0.15, 0.2) is 0 Å². The molecule has 112 valence electrons. The third-order valence-electron chi connectivity index (χ3n) is 2.83. The summed E-state index contributed by atoms with van der Waals surface area (Å²) < 4.78 is 18.8. The summed E-state index contributed by atoms with van der Waals surface area (Å²) in [5.74, 6) is 0.601. The van der Waals surface area contributed by atoms with Gasteiger partial charge in [-0.15, -0.1) is 0 Å². The van der Waals surface area contributed by atoms with Crippen molar-refractivity contribution in [3.63, 3.8) is 0 Å². The van der Waals surface area contributed by atoms with Gasteiger partial charge in [-0.25, -0.2) is 9.37 Å². The Kier molecular flexibility index (Phi) is 4.58. The molecule has 0 aliphatic rings. The van der Waals surface area contributed by atoms with Crippen LogP contribution in [0.3, 0.4) is 0 Å². The number of nitrogens with zero attached hydrogens (tertiary/aromatic N) is 1. The number of hydrogen-bond donors (Lipinski definition) is 1. The fraction of sp³-hybridized carbons (Fsp3) is 0.353. The summed E-state index contributed by atoms with van der Waals surface area (Å²) in [6.45, 7) is 8.99. The molecule has 0 bridgehead atoms. The van der Waals surface area contributed by atoms with Crippen LogP contribution in [0.2, 0.25) is 0 Å². The maximum atomic E-state index is 13.2. The second-order valence-electron chi connectivity index (χ2n) is 6.12. The summed E-state index contributed by atoms with van der Waals surface area (Å²) in [4.78, 5) is 4.33. The lowest BCUT2D eigenvalue weighted by atomic mass is 10.1. The average molecular weight is 288 g/mol. The first-order chi connectivity index (χ1) is 9.82. The van der Waals surface area contributed by atoms with Gasteiger partial charge in [-0.1, -0.05) is 6.07 Å². The lowest BCUT2D eigenvalue weighted by molar-refractivity contribution is 0.421. The number of benzene rings is 1. The van der Waals surface area contributed by atoms with E-state index in [1.807, 2.05) is 19.1 Å². The Morgan fingerprint density at radius 1 is 1.19 bits per heavy atom. The molecule has 0 radical (unpaired) electrons. The van der Waals surface area contributed by atoms with Crippen LogP contribution >= 0.6 is 0 Å². The Balaban J connectivity index is 2.15. The van der Waals surface area contributed by atoms with Crippen molar-refractivity contribution in [2.45, 2.75) is 39.8 Å². The number of nitrogens with one attached hydrogen (secondary N) is 1. The van der Waals surface area contributed by atoms with Crippen LogP contribution in [-0.4, -0.2) is 10.5 Å². The number of rotatable bonds is 4. The molecule has 2 rings (SSSR count). The van der Waals surface area contributed by atoms with Gasteiger partial charge in [0.2, 0.25) is 5.88 Å². The first-order valence-corrected chi connectivity index (χ1v) is 6.98. The molecule has 0 saturated carbocycles. The first-order valence-electron chi connectivity index (χ1n) is 6.98. The van der Waals surface area contributed by atoms with E-state index in [4.69, 9.17) is 4.74 Å². The van der Waals surface area contributed by atoms with E-state index in [0.717, 1.165) is 17.8 Å². The van der Waals surface area contributed by atoms with Crippen molar-refractivity contribution in [3.8, 4) is 11.6 Å². The minimum absolute atomic E-state index is 0.0424. The second-order valence-corrected chi connectivity index (χ2v) is 6.12. The number of ether oxygens (including phenoxy) is 1. The standard InChI is InChI=1S/C17H21FN2O/c1-12-8-13(11-19-17(2,3)4)9-16(20-12)21-15-7-5-6-14(18)10-15/h5-10,19H,11H2,1-4H3. The van der Waals surface area contributed by atoms with Crippen LogP contribution in [0, 0.1) is 12.7 Å². The molecule has 21 heavy (non-hydrogen) atoms. The highest BCUT2D eigenvalue weighted by Crippen LogP contribution is 2.22. The molecule has 0 amide bonds. The van der Waals surface area contributed by atoms with E-state index >= 15 is 0 Å². The van der Waals surface area contributed by atoms with Gasteiger partial charge in [0.05, 0.1) is 0 Å². The Labute approximate surface area is 125 Å². The molecule has 1 aromatic heterocycles. The predicted molar refractivity (Wildman–Crippen MR) is 82.0 cm³/mol. The summed E-state index contributed by atoms with van der Waals surface area (Å²) in [7, 11) is 0. The summed E-state index contributed by atoms with van der Waals surface area (Å²) in [5, 5.41) is 3.42. The maximum absolute atomic E-state index is 13.2. The molecule has 1 aromatic carbocycles. The molecule has 2 aromatic rings. The van der Waals surface area contributed by atoms with E-state index in [0.29, 0.717) is 11.6 Å². The third-order valence-corrected chi connectivity index (χ3v) is 2.83. The molecule has 0 aliphatic carbocycles. The van der Waals surface area contributed by atoms with Crippen molar-refractivity contribution in [1.29, 1.82) is 0 Å². The Hall–Kier alpha value is -1.94. The highest BCUT2D eigenvalue weighted by Gasteiger charge is 2.10. The van der Waals surface area contributed by atoms with Gasteiger partial charge in [0.1, 0.15) is 11.6 Å². The van der Waals surface area contributed by atoms with Crippen LogP contribution in [-0.2, 0) is 6.54 Å². The largest absolute Gasteiger partial charge is 0.439 e. The maximum Gasteiger partial charge on any atom is 0.219 e. The van der Waals surface area contributed by atoms with Crippen molar-refractivity contribution >= 4 is 0 Å². The number of hydrogen-bond acceptors (Lipinski definition) is 3. The predicted octanol–water partition coefficient (Wildman–Crippen LogP) is 4.21. The third kappa shape index (κ3) is 5.16. The van der Waals surface area contributed by atoms with Crippen LogP contribution < -0.4 is 10.1 Å². The topological polar surface area (TPSA) is 34.1 Å². The normalized spacial score (nSPS) is 11.5. The summed E-state index contributed by atoms with van der Waals surface area (Å²) in [6, 6.07) is 9.93. The van der Waals surface area contributed by atoms with E-state index in [2.05, 4.69) is 31.1 Å². The van der Waals surface area contributed by atoms with Gasteiger partial charge >= 0.3 is 0 Å². The SMILES string of the molecule is Cc1cc(CNC(C)(C)C)cc(Oc2cccc(F)c2)n1. The van der Waals surface area contributed by atoms with Crippen molar-refractivity contribution in [2.75, 3.05) is 0 Å². The van der Waals surface area contributed by atoms with Crippen molar-refractivity contribution in [2.24, 2.45) is 0 Å². The molecule has 1 heterocycles. The van der Waals surface area contributed by atoms with Gasteiger partial charge < -0.3 is 10.1 Å². The lowest BCUT2D eigenvalue weighted by Crippen LogP contribution is -2.35. The van der Waals surface area contributed by atoms with Crippen molar-refractivity contribution in [3.05, 3.63) is 53.5 Å². The molecule has 0 spiro atoms. The smallest absolute Gasteiger partial charge is 0.219 e. The highest BCUT2D eigenvalue weighted by atomic mass is 19.1. The Morgan fingerprint density at radius 2 is 1.95 bits per heavy atom. The molecular weight excluding hydrogens is 267 g/mol. The number of pyridine rings is 1. The fourth-order valence-electron chi connectivity index (χ4n) is 1.88. The minimum atomic E-state index is -0.324. The molecule has 0 aliphatic heterocycles. The summed E-state index contributed by atoms with van der Waals surface area (Å²) in [5.41, 5.74) is 2.00. The number of aryl methyl sites for hydroxylation is 1. The minimum Gasteiger partial charge on any atom is -0.439 e. The molecular formula is C17H21FN2O. The molecule has 0 atom stereocenters. The zero-order chi connectivity index (χ0) is 15.5. The first kappa shape index (κ1) is 15.4. The molecule has 3 nitrogen and oxygen atoms in total. The van der Waals surface area contributed by atoms with Crippen LogP contribution in [0.1, 0.15) is 32.0 Å². The van der Waals surface area contributed by atoms with Crippen LogP contribution in [0.5, 0.6) is 11.6 Å². The fourth-order valence-corrected chi connectivity index (χ4v) is 1.88. The lowest BCUT2D eigenvalue weighted by Gasteiger charge is -2.20. The van der Waals surface area contributed by atoms with E-state index < -0.39 is 0 Å². The number of halogens is 1. The molecule has 0 unspecified atom stereocenters. The second kappa shape index (κ2) is 6.22. The van der Waals surface area contributed by atoms with Gasteiger partial charge in [-0.05, 0) is 51.5 Å². The molecule has 0 fully saturated rings. The van der Waals surface area contributed by atoms with Gasteiger partial charge in [-0.3, -0.25) is 0 Å². The zero-order valence-corrected chi connectivity index (χ0v) is 12.9. The van der Waals surface area contributed by atoms with Gasteiger partial charge in [0.25, 0.3) is 0 Å². The number of aromatic nitrogens is 1. The molecule has 1 N–H and O–H groups in total. The summed E-state index contributed by atoms with van der Waals surface area (Å²) in [6.07, 6.45) is 0. The van der Waals surface area contributed by atoms with Crippen molar-refractivity contribution < 1.29 is 9.13 Å². The van der Waals surface area contributed by atoms with E-state index in [9.17, 15) is 4.39 Å². The van der Waals surface area contributed by atoms with Crippen LogP contribution in [0.4, 0.5) is 4.39 Å². The van der Waals surface area contributed by atoms with Crippen molar-refractivity contribution in [1.82, 2.24) is 10.3 Å². The molecule has 4 heteroatoms. The Morgan fingerprint density at radius 3 is 2.62 bits per heavy atom. The summed E-state index contributed by atoms with van der Waals surface area (Å²) >= 11 is 0. The average Bonchev–Trinajstić information content (AvgIpc) is 2.35. The van der Waals surface area contributed by atoms with E-state index in [1.54, 1.807) is 12.1 Å². The van der Waals surface area contributed by atoms with E-state index in [-0.39, 0.29) is 11.4 Å².